The summed E-state index contributed by atoms with van der Waals surface area (Å²) >= 11 is 0. The fourth-order valence-electron chi connectivity index (χ4n) is 4.04. The molecule has 3 heterocycles. The highest BCUT2D eigenvalue weighted by Gasteiger charge is 2.31. The van der Waals surface area contributed by atoms with Gasteiger partial charge in [-0.05, 0) is 29.8 Å². The second-order valence-corrected chi connectivity index (χ2v) is 8.09. The largest absolute Gasteiger partial charge is 0.482 e. The number of ether oxygens (including phenoxy) is 1. The van der Waals surface area contributed by atoms with E-state index in [1.54, 1.807) is 30.3 Å². The molecule has 0 saturated heterocycles. The molecule has 36 heavy (non-hydrogen) atoms. The second kappa shape index (κ2) is 9.33. The van der Waals surface area contributed by atoms with Gasteiger partial charge in [-0.1, -0.05) is 18.2 Å². The minimum atomic E-state index is -1.21. The van der Waals surface area contributed by atoms with Crippen LogP contribution in [0.2, 0.25) is 0 Å². The van der Waals surface area contributed by atoms with E-state index in [0.717, 1.165) is 5.56 Å². The molecule has 3 amide bonds. The summed E-state index contributed by atoms with van der Waals surface area (Å²) in [6.07, 6.45) is 1.23. The van der Waals surface area contributed by atoms with Crippen LogP contribution in [0.25, 0.3) is 0 Å². The van der Waals surface area contributed by atoms with Crippen molar-refractivity contribution >= 4 is 35.1 Å². The van der Waals surface area contributed by atoms with Gasteiger partial charge in [-0.2, -0.15) is 0 Å². The maximum atomic E-state index is 12.9. The van der Waals surface area contributed by atoms with Crippen molar-refractivity contribution in [1.29, 1.82) is 0 Å². The molecule has 0 saturated carbocycles. The Morgan fingerprint density at radius 2 is 1.89 bits per heavy atom. The Kier molecular flexibility index (Phi) is 5.90. The van der Waals surface area contributed by atoms with Gasteiger partial charge in [-0.3, -0.25) is 14.4 Å². The summed E-state index contributed by atoms with van der Waals surface area (Å²) in [5.41, 5.74) is 2.11. The normalized spacial score (nSPS) is 15.4. The molecule has 0 radical (unpaired) electrons. The molecule has 1 unspecified atom stereocenters. The van der Waals surface area contributed by atoms with Gasteiger partial charge in [0.1, 0.15) is 12.1 Å². The molecule has 1 atom stereocenters. The number of carbonyl (C=O) groups excluding carboxylic acids is 3. The highest BCUT2D eigenvalue weighted by molar-refractivity contribution is 6.05. The van der Waals surface area contributed by atoms with Crippen LogP contribution in [0.3, 0.4) is 0 Å². The number of aromatic carboxylic acids is 1. The van der Waals surface area contributed by atoms with Gasteiger partial charge in [0, 0.05) is 13.1 Å². The van der Waals surface area contributed by atoms with E-state index in [-0.39, 0.29) is 42.4 Å². The lowest BCUT2D eigenvalue weighted by atomic mass is 10.1. The van der Waals surface area contributed by atoms with Crippen molar-refractivity contribution in [1.82, 2.24) is 20.6 Å². The topological polar surface area (TPSA) is 172 Å². The predicted octanol–water partition coefficient (Wildman–Crippen LogP) is 1.33. The van der Waals surface area contributed by atoms with Crippen LogP contribution in [0, 0.1) is 0 Å². The molecule has 2 aromatic carbocycles. The van der Waals surface area contributed by atoms with E-state index in [1.807, 2.05) is 0 Å². The molecule has 5 rings (SSSR count). The first-order valence-electron chi connectivity index (χ1n) is 11.0. The van der Waals surface area contributed by atoms with E-state index in [1.165, 1.54) is 18.5 Å². The van der Waals surface area contributed by atoms with Crippen LogP contribution in [0.4, 0.5) is 11.4 Å². The zero-order valence-corrected chi connectivity index (χ0v) is 18.7. The van der Waals surface area contributed by atoms with Crippen molar-refractivity contribution in [3.63, 3.8) is 0 Å². The van der Waals surface area contributed by atoms with Crippen LogP contribution in [0.5, 0.6) is 5.75 Å². The van der Waals surface area contributed by atoms with Crippen LogP contribution < -0.4 is 26.0 Å². The number of amides is 3. The van der Waals surface area contributed by atoms with Crippen LogP contribution in [-0.2, 0) is 11.3 Å². The lowest BCUT2D eigenvalue weighted by Crippen LogP contribution is -2.31. The lowest BCUT2D eigenvalue weighted by Gasteiger charge is -2.18. The molecule has 2 aliphatic heterocycles. The average molecular weight is 488 g/mol. The first-order valence-corrected chi connectivity index (χ1v) is 11.0. The van der Waals surface area contributed by atoms with Crippen molar-refractivity contribution in [3.05, 3.63) is 76.9 Å². The van der Waals surface area contributed by atoms with Gasteiger partial charge < -0.3 is 31.1 Å². The zero-order valence-electron chi connectivity index (χ0n) is 18.7. The number of fused-ring (bicyclic) bond motifs is 2. The van der Waals surface area contributed by atoms with Crippen molar-refractivity contribution < 1.29 is 29.0 Å². The van der Waals surface area contributed by atoms with Gasteiger partial charge in [-0.15, -0.1) is 0 Å². The molecular formula is C24H20N6O6. The van der Waals surface area contributed by atoms with Crippen molar-refractivity contribution in [2.75, 3.05) is 23.8 Å². The van der Waals surface area contributed by atoms with E-state index < -0.39 is 23.8 Å². The lowest BCUT2D eigenvalue weighted by molar-refractivity contribution is -0.118. The SMILES string of the molecule is O=C1COc2ccc(CNC(=O)c3ncnc4c3NCC4NC(=O)c3ccccc3C(=O)O)cc2N1. The highest BCUT2D eigenvalue weighted by atomic mass is 16.5. The Balaban J connectivity index is 1.29. The molecule has 0 aliphatic carbocycles. The number of nitrogens with one attached hydrogen (secondary N) is 4. The van der Waals surface area contributed by atoms with Crippen molar-refractivity contribution in [2.45, 2.75) is 12.6 Å². The van der Waals surface area contributed by atoms with Crippen LogP contribution in [-0.4, -0.2) is 51.9 Å². The summed E-state index contributed by atoms with van der Waals surface area (Å²) in [6, 6.07) is 10.5. The van der Waals surface area contributed by atoms with Crippen LogP contribution in [0.1, 0.15) is 48.5 Å². The number of hydrogen-bond donors (Lipinski definition) is 5. The summed E-state index contributed by atoms with van der Waals surface area (Å²) in [5, 5.41) is 20.7. The molecule has 182 valence electrons. The number of nitrogens with zero attached hydrogens (tertiary/aromatic N) is 2. The first kappa shape index (κ1) is 22.8. The summed E-state index contributed by atoms with van der Waals surface area (Å²) in [5.74, 6) is -1.93. The van der Waals surface area contributed by atoms with E-state index in [9.17, 15) is 24.3 Å². The van der Waals surface area contributed by atoms with Gasteiger partial charge in [0.2, 0.25) is 0 Å². The number of carbonyl (C=O) groups is 4. The summed E-state index contributed by atoms with van der Waals surface area (Å²) in [4.78, 5) is 57.0. The van der Waals surface area contributed by atoms with Crippen LogP contribution in [0.15, 0.2) is 48.8 Å². The summed E-state index contributed by atoms with van der Waals surface area (Å²) < 4.78 is 5.34. The molecule has 2 aliphatic rings. The molecule has 0 spiro atoms. The Morgan fingerprint density at radius 1 is 1.08 bits per heavy atom. The summed E-state index contributed by atoms with van der Waals surface area (Å²) in [7, 11) is 0. The van der Waals surface area contributed by atoms with E-state index >= 15 is 0 Å². The number of hydrogen-bond acceptors (Lipinski definition) is 8. The van der Waals surface area contributed by atoms with Crippen LogP contribution >= 0.6 is 0 Å². The van der Waals surface area contributed by atoms with Crippen molar-refractivity contribution in [3.8, 4) is 5.75 Å². The average Bonchev–Trinajstić information content (AvgIpc) is 3.29. The van der Waals surface area contributed by atoms with Crippen molar-refractivity contribution in [2.24, 2.45) is 0 Å². The standard InChI is InChI=1S/C24H20N6O6/c31-18-10-36-17-6-5-12(7-15(17)29-18)8-26-23(33)21-20-19(27-11-28-21)16(9-25-20)30-22(32)13-3-1-2-4-14(13)24(34)35/h1-7,11,16,25H,8-10H2,(H,26,33)(H,29,31)(H,30,32)(H,34,35). The van der Waals surface area contributed by atoms with Gasteiger partial charge in [0.15, 0.2) is 12.3 Å². The van der Waals surface area contributed by atoms with E-state index in [0.29, 0.717) is 22.8 Å². The zero-order chi connectivity index (χ0) is 25.2. The number of aromatic nitrogens is 2. The van der Waals surface area contributed by atoms with Gasteiger partial charge in [0.05, 0.1) is 34.2 Å². The maximum Gasteiger partial charge on any atom is 0.336 e. The number of carboxylic acid groups (broad SMARTS) is 1. The third kappa shape index (κ3) is 4.39. The molecule has 0 fully saturated rings. The third-order valence-electron chi connectivity index (χ3n) is 5.74. The minimum Gasteiger partial charge on any atom is -0.482 e. The fraction of sp³-hybridized carbons (Fsp3) is 0.167. The van der Waals surface area contributed by atoms with Gasteiger partial charge in [-0.25, -0.2) is 14.8 Å². The molecular weight excluding hydrogens is 468 g/mol. The fourth-order valence-corrected chi connectivity index (χ4v) is 4.04. The molecule has 12 nitrogen and oxygen atoms in total. The smallest absolute Gasteiger partial charge is 0.336 e. The number of benzene rings is 2. The molecule has 3 aromatic rings. The minimum absolute atomic E-state index is 0.0251. The Morgan fingerprint density at radius 3 is 2.69 bits per heavy atom. The number of rotatable bonds is 6. The number of anilines is 2. The molecule has 5 N–H and O–H groups in total. The second-order valence-electron chi connectivity index (χ2n) is 8.09. The van der Waals surface area contributed by atoms with Gasteiger partial charge >= 0.3 is 5.97 Å². The molecule has 0 bridgehead atoms. The highest BCUT2D eigenvalue weighted by Crippen LogP contribution is 2.31. The molecule has 12 heteroatoms. The molecule has 1 aromatic heterocycles. The summed E-state index contributed by atoms with van der Waals surface area (Å²) in [6.45, 7) is 0.384. The van der Waals surface area contributed by atoms with E-state index in [2.05, 4.69) is 31.2 Å². The van der Waals surface area contributed by atoms with Gasteiger partial charge in [0.25, 0.3) is 17.7 Å². The monoisotopic (exact) mass is 488 g/mol. The predicted molar refractivity (Wildman–Crippen MR) is 126 cm³/mol. The first-order chi connectivity index (χ1) is 17.4. The Bertz CT molecular complexity index is 1410. The Hall–Kier alpha value is -5.00. The maximum absolute atomic E-state index is 12.9. The van der Waals surface area contributed by atoms with E-state index in [4.69, 9.17) is 4.74 Å². The number of carboxylic acids is 1. The quantitative estimate of drug-likeness (QED) is 0.343. The Labute approximate surface area is 204 Å². The third-order valence-corrected chi connectivity index (χ3v) is 5.74.